The van der Waals surface area contributed by atoms with Gasteiger partial charge in [0.25, 0.3) is 0 Å². The van der Waals surface area contributed by atoms with Crippen LogP contribution in [0.1, 0.15) is 5.56 Å². The predicted molar refractivity (Wildman–Crippen MR) is 67.5 cm³/mol. The van der Waals surface area contributed by atoms with Crippen molar-refractivity contribution in [1.29, 1.82) is 0 Å². The molecule has 0 heterocycles. The SMILES string of the molecule is C=CCNCCOc1ccc(C(N)=NO)cc1. The molecule has 0 aliphatic heterocycles. The zero-order valence-corrected chi connectivity index (χ0v) is 9.60. The fourth-order valence-corrected chi connectivity index (χ4v) is 1.22. The first-order valence-corrected chi connectivity index (χ1v) is 5.30. The fourth-order valence-electron chi connectivity index (χ4n) is 1.22. The van der Waals surface area contributed by atoms with Crippen molar-refractivity contribution in [3.05, 3.63) is 42.5 Å². The lowest BCUT2D eigenvalue weighted by molar-refractivity contribution is 0.316. The molecule has 5 heteroatoms. The topological polar surface area (TPSA) is 79.9 Å². The van der Waals surface area contributed by atoms with Crippen LogP contribution in [-0.4, -0.2) is 30.7 Å². The highest BCUT2D eigenvalue weighted by molar-refractivity contribution is 5.97. The van der Waals surface area contributed by atoms with Gasteiger partial charge in [-0.2, -0.15) is 0 Å². The Balaban J connectivity index is 2.38. The standard InChI is InChI=1S/C12H17N3O2/c1-2-7-14-8-9-17-11-5-3-10(4-6-11)12(13)15-16/h2-6,14,16H,1,7-9H2,(H2,13,15). The number of nitrogens with zero attached hydrogens (tertiary/aromatic N) is 1. The highest BCUT2D eigenvalue weighted by atomic mass is 16.5. The van der Waals surface area contributed by atoms with E-state index in [1.807, 2.05) is 0 Å². The second-order valence-electron chi connectivity index (χ2n) is 3.35. The van der Waals surface area contributed by atoms with Crippen LogP contribution in [0.25, 0.3) is 0 Å². The maximum absolute atomic E-state index is 8.50. The molecule has 17 heavy (non-hydrogen) atoms. The van der Waals surface area contributed by atoms with Gasteiger partial charge < -0.3 is 21.0 Å². The molecule has 0 atom stereocenters. The Labute approximate surface area is 101 Å². The summed E-state index contributed by atoms with van der Waals surface area (Å²) in [4.78, 5) is 0. The first-order valence-electron chi connectivity index (χ1n) is 5.30. The molecule has 1 rings (SSSR count). The average molecular weight is 235 g/mol. The second-order valence-corrected chi connectivity index (χ2v) is 3.35. The molecule has 1 aromatic rings. The van der Waals surface area contributed by atoms with Gasteiger partial charge in [-0.1, -0.05) is 11.2 Å². The van der Waals surface area contributed by atoms with Crippen LogP contribution in [0.4, 0.5) is 0 Å². The van der Waals surface area contributed by atoms with E-state index in [-0.39, 0.29) is 5.84 Å². The largest absolute Gasteiger partial charge is 0.492 e. The van der Waals surface area contributed by atoms with E-state index in [9.17, 15) is 0 Å². The van der Waals surface area contributed by atoms with Gasteiger partial charge in [-0.05, 0) is 24.3 Å². The lowest BCUT2D eigenvalue weighted by atomic mass is 10.2. The van der Waals surface area contributed by atoms with E-state index in [1.54, 1.807) is 30.3 Å². The molecule has 0 radical (unpaired) electrons. The monoisotopic (exact) mass is 235 g/mol. The molecular weight excluding hydrogens is 218 g/mol. The van der Waals surface area contributed by atoms with Gasteiger partial charge >= 0.3 is 0 Å². The van der Waals surface area contributed by atoms with Crippen LogP contribution in [0.5, 0.6) is 5.75 Å². The number of hydrogen-bond acceptors (Lipinski definition) is 4. The molecular formula is C12H17N3O2. The van der Waals surface area contributed by atoms with Crippen molar-refractivity contribution in [2.45, 2.75) is 0 Å². The van der Waals surface area contributed by atoms with Gasteiger partial charge in [0, 0.05) is 18.7 Å². The van der Waals surface area contributed by atoms with Gasteiger partial charge in [0.1, 0.15) is 12.4 Å². The molecule has 0 aliphatic carbocycles. The molecule has 5 nitrogen and oxygen atoms in total. The third kappa shape index (κ3) is 4.56. The van der Waals surface area contributed by atoms with Crippen LogP contribution in [-0.2, 0) is 0 Å². The number of nitrogens with one attached hydrogen (secondary N) is 1. The Morgan fingerprint density at radius 3 is 2.76 bits per heavy atom. The molecule has 1 aromatic carbocycles. The van der Waals surface area contributed by atoms with Crippen molar-refractivity contribution in [1.82, 2.24) is 5.32 Å². The van der Waals surface area contributed by atoms with Crippen molar-refractivity contribution in [3.63, 3.8) is 0 Å². The lowest BCUT2D eigenvalue weighted by Crippen LogP contribution is -2.20. The number of nitrogens with two attached hydrogens (primary N) is 1. The normalized spacial score (nSPS) is 11.2. The number of benzene rings is 1. The molecule has 0 fully saturated rings. The number of amidine groups is 1. The summed E-state index contributed by atoms with van der Waals surface area (Å²) in [5.41, 5.74) is 6.10. The van der Waals surface area contributed by atoms with E-state index >= 15 is 0 Å². The van der Waals surface area contributed by atoms with Crippen LogP contribution < -0.4 is 15.8 Å². The average Bonchev–Trinajstić information content (AvgIpc) is 2.38. The van der Waals surface area contributed by atoms with Gasteiger partial charge in [-0.3, -0.25) is 0 Å². The van der Waals surface area contributed by atoms with Crippen LogP contribution in [0.15, 0.2) is 42.1 Å². The van der Waals surface area contributed by atoms with Crippen molar-refractivity contribution >= 4 is 5.84 Å². The van der Waals surface area contributed by atoms with Gasteiger partial charge in [-0.25, -0.2) is 0 Å². The molecule has 0 saturated heterocycles. The van der Waals surface area contributed by atoms with Crippen LogP contribution in [0.2, 0.25) is 0 Å². The highest BCUT2D eigenvalue weighted by Crippen LogP contribution is 2.11. The summed E-state index contributed by atoms with van der Waals surface area (Å²) in [6.07, 6.45) is 1.80. The molecule has 0 amide bonds. The molecule has 92 valence electrons. The van der Waals surface area contributed by atoms with Crippen LogP contribution >= 0.6 is 0 Å². The zero-order chi connectivity index (χ0) is 12.5. The molecule has 0 spiro atoms. The fraction of sp³-hybridized carbons (Fsp3) is 0.250. The number of oxime groups is 1. The molecule has 0 aromatic heterocycles. The Bertz CT molecular complexity index is 374. The van der Waals surface area contributed by atoms with Gasteiger partial charge in [0.2, 0.25) is 0 Å². The summed E-state index contributed by atoms with van der Waals surface area (Å²) in [6, 6.07) is 7.03. The summed E-state index contributed by atoms with van der Waals surface area (Å²) in [7, 11) is 0. The molecule has 0 aliphatic rings. The Morgan fingerprint density at radius 1 is 1.47 bits per heavy atom. The number of ether oxygens (including phenoxy) is 1. The Kier molecular flexibility index (Phi) is 5.60. The van der Waals surface area contributed by atoms with E-state index in [2.05, 4.69) is 17.1 Å². The maximum Gasteiger partial charge on any atom is 0.170 e. The summed E-state index contributed by atoms with van der Waals surface area (Å²) in [5.74, 6) is 0.837. The van der Waals surface area contributed by atoms with Crippen molar-refractivity contribution in [2.24, 2.45) is 10.9 Å². The van der Waals surface area contributed by atoms with E-state index in [0.29, 0.717) is 12.2 Å². The van der Waals surface area contributed by atoms with Crippen molar-refractivity contribution in [3.8, 4) is 5.75 Å². The quantitative estimate of drug-likeness (QED) is 0.164. The lowest BCUT2D eigenvalue weighted by Gasteiger charge is -2.07. The summed E-state index contributed by atoms with van der Waals surface area (Å²) >= 11 is 0. The van der Waals surface area contributed by atoms with Gasteiger partial charge in [0.15, 0.2) is 5.84 Å². The Hall–Kier alpha value is -2.01. The summed E-state index contributed by atoms with van der Waals surface area (Å²) < 4.78 is 5.48. The first-order chi connectivity index (χ1) is 8.27. The first kappa shape index (κ1) is 13.1. The maximum atomic E-state index is 8.50. The molecule has 0 unspecified atom stereocenters. The molecule has 0 bridgehead atoms. The Morgan fingerprint density at radius 2 is 2.18 bits per heavy atom. The molecule has 0 saturated carbocycles. The van der Waals surface area contributed by atoms with E-state index < -0.39 is 0 Å². The zero-order valence-electron chi connectivity index (χ0n) is 9.60. The minimum absolute atomic E-state index is 0.0872. The minimum atomic E-state index is 0.0872. The summed E-state index contributed by atoms with van der Waals surface area (Å²) in [6.45, 7) is 5.71. The van der Waals surface area contributed by atoms with Crippen molar-refractivity contribution in [2.75, 3.05) is 19.7 Å². The number of hydrogen-bond donors (Lipinski definition) is 3. The van der Waals surface area contributed by atoms with E-state index in [0.717, 1.165) is 18.8 Å². The number of rotatable bonds is 7. The van der Waals surface area contributed by atoms with Crippen LogP contribution in [0.3, 0.4) is 0 Å². The van der Waals surface area contributed by atoms with Gasteiger partial charge in [0.05, 0.1) is 0 Å². The van der Waals surface area contributed by atoms with E-state index in [1.165, 1.54) is 0 Å². The predicted octanol–water partition coefficient (Wildman–Crippen LogP) is 0.935. The van der Waals surface area contributed by atoms with E-state index in [4.69, 9.17) is 15.7 Å². The smallest absolute Gasteiger partial charge is 0.170 e. The molecule has 4 N–H and O–H groups in total. The third-order valence-electron chi connectivity index (χ3n) is 2.09. The minimum Gasteiger partial charge on any atom is -0.492 e. The second kappa shape index (κ2) is 7.29. The van der Waals surface area contributed by atoms with Gasteiger partial charge in [-0.15, -0.1) is 6.58 Å². The van der Waals surface area contributed by atoms with Crippen molar-refractivity contribution < 1.29 is 9.94 Å². The third-order valence-corrected chi connectivity index (χ3v) is 2.09. The summed E-state index contributed by atoms with van der Waals surface area (Å²) in [5, 5.41) is 14.5. The van der Waals surface area contributed by atoms with Crippen LogP contribution in [0, 0.1) is 0 Å². The highest BCUT2D eigenvalue weighted by Gasteiger charge is 1.99.